The summed E-state index contributed by atoms with van der Waals surface area (Å²) >= 11 is 0. The quantitative estimate of drug-likeness (QED) is 0.477. The molecule has 6 aromatic heterocycles. The van der Waals surface area contributed by atoms with Gasteiger partial charge in [-0.25, -0.2) is 9.97 Å². The van der Waals surface area contributed by atoms with E-state index in [1.807, 2.05) is 43.7 Å². The number of aromatic nitrogens is 9. The van der Waals surface area contributed by atoms with Gasteiger partial charge in [0.05, 0.1) is 34.6 Å². The molecule has 0 saturated carbocycles. The first-order valence-electron chi connectivity index (χ1n) is 9.35. The molecule has 0 atom stereocenters. The van der Waals surface area contributed by atoms with Gasteiger partial charge in [0.25, 0.3) is 0 Å². The van der Waals surface area contributed by atoms with Crippen molar-refractivity contribution in [1.82, 2.24) is 44.9 Å². The molecule has 30 heavy (non-hydrogen) atoms. The Morgan fingerprint density at radius 2 is 1.73 bits per heavy atom. The second kappa shape index (κ2) is 6.31. The molecule has 0 radical (unpaired) electrons. The minimum atomic E-state index is 0.635. The molecule has 144 valence electrons. The third-order valence-electron chi connectivity index (χ3n) is 5.02. The Hall–Kier alpha value is -4.40. The molecule has 2 N–H and O–H groups in total. The highest BCUT2D eigenvalue weighted by molar-refractivity contribution is 5.95. The molecule has 6 aromatic rings. The first-order valence-corrected chi connectivity index (χ1v) is 9.35. The van der Waals surface area contributed by atoms with E-state index in [0.717, 1.165) is 44.5 Å². The second-order valence-electron chi connectivity index (χ2n) is 6.97. The van der Waals surface area contributed by atoms with Crippen LogP contribution in [-0.4, -0.2) is 44.9 Å². The van der Waals surface area contributed by atoms with Crippen LogP contribution in [0.15, 0.2) is 61.4 Å². The monoisotopic (exact) mass is 393 g/mol. The highest BCUT2D eigenvalue weighted by Gasteiger charge is 2.17. The summed E-state index contributed by atoms with van der Waals surface area (Å²) in [5.74, 6) is 0.635. The zero-order valence-electron chi connectivity index (χ0n) is 15.9. The molecule has 0 fully saturated rings. The van der Waals surface area contributed by atoms with Crippen molar-refractivity contribution in [3.63, 3.8) is 0 Å². The maximum absolute atomic E-state index is 4.83. The molecule has 6 rings (SSSR count). The SMILES string of the molecule is Cn1cc(-c2ccc3[nH]nc(-c4nc5c(-c6ccncc6)cncc5[nH]4)c3n2)cn1. The Labute approximate surface area is 169 Å². The van der Waals surface area contributed by atoms with Gasteiger partial charge in [0.2, 0.25) is 0 Å². The normalized spacial score (nSPS) is 11.5. The van der Waals surface area contributed by atoms with E-state index in [4.69, 9.17) is 9.97 Å². The van der Waals surface area contributed by atoms with Crippen molar-refractivity contribution in [1.29, 1.82) is 0 Å². The van der Waals surface area contributed by atoms with Gasteiger partial charge in [-0.05, 0) is 29.8 Å². The molecule has 0 aliphatic rings. The molecule has 6 heterocycles. The Morgan fingerprint density at radius 1 is 0.833 bits per heavy atom. The molecule has 0 aliphatic heterocycles. The van der Waals surface area contributed by atoms with E-state index >= 15 is 0 Å². The van der Waals surface area contributed by atoms with Gasteiger partial charge in [0, 0.05) is 43.0 Å². The lowest BCUT2D eigenvalue weighted by atomic mass is 10.1. The summed E-state index contributed by atoms with van der Waals surface area (Å²) < 4.78 is 1.75. The second-order valence-corrected chi connectivity index (χ2v) is 6.97. The van der Waals surface area contributed by atoms with E-state index in [2.05, 4.69) is 30.2 Å². The van der Waals surface area contributed by atoms with Crippen LogP contribution < -0.4 is 0 Å². The van der Waals surface area contributed by atoms with Gasteiger partial charge in [-0.1, -0.05) is 0 Å². The van der Waals surface area contributed by atoms with Crippen molar-refractivity contribution in [3.05, 3.63) is 61.4 Å². The maximum atomic E-state index is 4.83. The van der Waals surface area contributed by atoms with Crippen molar-refractivity contribution in [2.24, 2.45) is 7.05 Å². The Bertz CT molecular complexity index is 1510. The van der Waals surface area contributed by atoms with Gasteiger partial charge < -0.3 is 4.98 Å². The van der Waals surface area contributed by atoms with Crippen molar-refractivity contribution in [2.45, 2.75) is 0 Å². The van der Waals surface area contributed by atoms with Crippen LogP contribution in [0.1, 0.15) is 0 Å². The van der Waals surface area contributed by atoms with Crippen LogP contribution in [-0.2, 0) is 7.05 Å². The average molecular weight is 393 g/mol. The van der Waals surface area contributed by atoms with Crippen molar-refractivity contribution in [2.75, 3.05) is 0 Å². The van der Waals surface area contributed by atoms with Gasteiger partial charge >= 0.3 is 0 Å². The number of hydrogen-bond acceptors (Lipinski definition) is 6. The van der Waals surface area contributed by atoms with E-state index in [1.165, 1.54) is 0 Å². The first kappa shape index (κ1) is 16.5. The smallest absolute Gasteiger partial charge is 0.161 e. The van der Waals surface area contributed by atoms with Crippen LogP contribution in [0, 0.1) is 0 Å². The number of nitrogens with one attached hydrogen (secondary N) is 2. The highest BCUT2D eigenvalue weighted by atomic mass is 15.2. The van der Waals surface area contributed by atoms with Crippen LogP contribution in [0.4, 0.5) is 0 Å². The summed E-state index contributed by atoms with van der Waals surface area (Å²) in [7, 11) is 1.88. The number of pyridine rings is 3. The largest absolute Gasteiger partial charge is 0.335 e. The van der Waals surface area contributed by atoms with Gasteiger partial charge in [-0.15, -0.1) is 0 Å². The van der Waals surface area contributed by atoms with E-state index < -0.39 is 0 Å². The standard InChI is InChI=1S/C21H15N9/c1-30-11-13(8-24-30)15-2-3-16-19(25-15)20(29-28-16)21-26-17-10-23-9-14(18(17)27-21)12-4-6-22-7-5-12/h2-11H,1H3,(H,26,27)(H,28,29). The summed E-state index contributed by atoms with van der Waals surface area (Å²) in [6.07, 6.45) is 10.8. The third-order valence-corrected chi connectivity index (χ3v) is 5.02. The van der Waals surface area contributed by atoms with Crippen molar-refractivity contribution >= 4 is 22.1 Å². The Morgan fingerprint density at radius 3 is 2.57 bits per heavy atom. The van der Waals surface area contributed by atoms with Gasteiger partial charge in [-0.3, -0.25) is 19.7 Å². The summed E-state index contributed by atoms with van der Waals surface area (Å²) in [6.45, 7) is 0. The minimum Gasteiger partial charge on any atom is -0.335 e. The van der Waals surface area contributed by atoms with Crippen LogP contribution in [0.3, 0.4) is 0 Å². The lowest BCUT2D eigenvalue weighted by Gasteiger charge is -2.00. The number of aromatic amines is 2. The molecule has 0 aromatic carbocycles. The van der Waals surface area contributed by atoms with Crippen molar-refractivity contribution in [3.8, 4) is 33.9 Å². The van der Waals surface area contributed by atoms with Gasteiger partial charge in [0.1, 0.15) is 5.52 Å². The first-order chi connectivity index (χ1) is 14.8. The number of H-pyrrole nitrogens is 2. The summed E-state index contributed by atoms with van der Waals surface area (Å²) in [5, 5.41) is 11.7. The fourth-order valence-electron chi connectivity index (χ4n) is 3.57. The predicted octanol–water partition coefficient (Wildman–Crippen LogP) is 3.36. The summed E-state index contributed by atoms with van der Waals surface area (Å²) in [5.41, 5.74) is 7.61. The molecule has 0 saturated heterocycles. The molecule has 0 amide bonds. The molecule has 0 aliphatic carbocycles. The van der Waals surface area contributed by atoms with Gasteiger partial charge in [-0.2, -0.15) is 10.2 Å². The lowest BCUT2D eigenvalue weighted by Crippen LogP contribution is -1.87. The van der Waals surface area contributed by atoms with E-state index in [-0.39, 0.29) is 0 Å². The van der Waals surface area contributed by atoms with Crippen LogP contribution in [0.5, 0.6) is 0 Å². The molecule has 9 nitrogen and oxygen atoms in total. The number of rotatable bonds is 3. The summed E-state index contributed by atoms with van der Waals surface area (Å²) in [4.78, 5) is 21.4. The maximum Gasteiger partial charge on any atom is 0.161 e. The molecular formula is C21H15N9. The van der Waals surface area contributed by atoms with E-state index in [0.29, 0.717) is 11.5 Å². The van der Waals surface area contributed by atoms with E-state index in [1.54, 1.807) is 29.5 Å². The fraction of sp³-hybridized carbons (Fsp3) is 0.0476. The predicted molar refractivity (Wildman–Crippen MR) is 112 cm³/mol. The summed E-state index contributed by atoms with van der Waals surface area (Å²) in [6, 6.07) is 7.80. The Kier molecular flexibility index (Phi) is 3.48. The Balaban J connectivity index is 1.52. The molecular weight excluding hydrogens is 378 g/mol. The van der Waals surface area contributed by atoms with Crippen LogP contribution in [0.2, 0.25) is 0 Å². The topological polar surface area (TPSA) is 114 Å². The molecule has 0 spiro atoms. The number of hydrogen-bond donors (Lipinski definition) is 2. The van der Waals surface area contributed by atoms with Crippen LogP contribution in [0.25, 0.3) is 56.0 Å². The number of imidazole rings is 1. The van der Waals surface area contributed by atoms with E-state index in [9.17, 15) is 0 Å². The van der Waals surface area contributed by atoms with Gasteiger partial charge in [0.15, 0.2) is 11.5 Å². The fourth-order valence-corrected chi connectivity index (χ4v) is 3.57. The number of aryl methyl sites for hydroxylation is 1. The van der Waals surface area contributed by atoms with Crippen LogP contribution >= 0.6 is 0 Å². The molecule has 0 unspecified atom stereocenters. The third kappa shape index (κ3) is 2.56. The minimum absolute atomic E-state index is 0.635. The molecule has 9 heteroatoms. The number of nitrogens with zero attached hydrogens (tertiary/aromatic N) is 7. The average Bonchev–Trinajstić information content (AvgIpc) is 3.50. The zero-order chi connectivity index (χ0) is 20.1. The lowest BCUT2D eigenvalue weighted by molar-refractivity contribution is 0.768. The number of fused-ring (bicyclic) bond motifs is 2. The molecule has 0 bridgehead atoms. The zero-order valence-corrected chi connectivity index (χ0v) is 15.9. The van der Waals surface area contributed by atoms with Crippen molar-refractivity contribution < 1.29 is 0 Å². The highest BCUT2D eigenvalue weighted by Crippen LogP contribution is 2.30.